The van der Waals surface area contributed by atoms with Crippen LogP contribution >= 0.6 is 35.0 Å². The predicted molar refractivity (Wildman–Crippen MR) is 79.6 cm³/mol. The van der Waals surface area contributed by atoms with Crippen LogP contribution in [0.5, 0.6) is 0 Å². The summed E-state index contributed by atoms with van der Waals surface area (Å²) in [6.07, 6.45) is 2.31. The van der Waals surface area contributed by atoms with Gasteiger partial charge in [-0.1, -0.05) is 30.1 Å². The number of nitrogens with one attached hydrogen (secondary N) is 1. The highest BCUT2D eigenvalue weighted by Crippen LogP contribution is 2.30. The third-order valence-corrected chi connectivity index (χ3v) is 4.21. The first kappa shape index (κ1) is 15.2. The van der Waals surface area contributed by atoms with Gasteiger partial charge < -0.3 is 5.32 Å². The third-order valence-electron chi connectivity index (χ3n) is 2.44. The minimum absolute atomic E-state index is 0.556. The molecular weight excluding hydrogens is 273 g/mol. The van der Waals surface area contributed by atoms with E-state index in [2.05, 4.69) is 19.2 Å². The van der Waals surface area contributed by atoms with Crippen molar-refractivity contribution in [1.29, 1.82) is 0 Å². The van der Waals surface area contributed by atoms with Crippen molar-refractivity contribution in [1.82, 2.24) is 5.32 Å². The molecule has 0 aromatic heterocycles. The van der Waals surface area contributed by atoms with Crippen molar-refractivity contribution in [3.8, 4) is 0 Å². The minimum atomic E-state index is 0.556. The van der Waals surface area contributed by atoms with Crippen molar-refractivity contribution in [3.63, 3.8) is 0 Å². The van der Waals surface area contributed by atoms with Gasteiger partial charge in [0, 0.05) is 16.0 Å². The molecule has 0 bridgehead atoms. The Hall–Kier alpha value is 0.110. The first-order chi connectivity index (χ1) is 8.13. The maximum atomic E-state index is 6.10. The average molecular weight is 292 g/mol. The fourth-order valence-corrected chi connectivity index (χ4v) is 3.05. The van der Waals surface area contributed by atoms with Gasteiger partial charge in [-0.05, 0) is 50.3 Å². The van der Waals surface area contributed by atoms with E-state index in [0.717, 1.165) is 33.7 Å². The van der Waals surface area contributed by atoms with E-state index in [1.54, 1.807) is 11.8 Å². The van der Waals surface area contributed by atoms with Crippen LogP contribution in [-0.2, 0) is 0 Å². The van der Waals surface area contributed by atoms with E-state index < -0.39 is 0 Å². The van der Waals surface area contributed by atoms with Crippen LogP contribution in [0.15, 0.2) is 23.1 Å². The number of rotatable bonds is 7. The Bertz CT molecular complexity index is 344. The molecule has 0 saturated heterocycles. The fourth-order valence-electron chi connectivity index (χ4n) is 1.43. The molecule has 4 heteroatoms. The molecule has 0 radical (unpaired) electrons. The molecule has 0 fully saturated rings. The van der Waals surface area contributed by atoms with E-state index >= 15 is 0 Å². The molecule has 0 aliphatic heterocycles. The predicted octanol–water partition coefficient (Wildman–Crippen LogP) is 4.86. The maximum absolute atomic E-state index is 6.10. The van der Waals surface area contributed by atoms with Gasteiger partial charge in [0.05, 0.1) is 5.02 Å². The van der Waals surface area contributed by atoms with Crippen LogP contribution in [0.2, 0.25) is 10.0 Å². The quantitative estimate of drug-likeness (QED) is 0.720. The first-order valence-electron chi connectivity index (χ1n) is 5.94. The summed E-state index contributed by atoms with van der Waals surface area (Å²) in [5, 5.41) is 5.00. The normalized spacial score (nSPS) is 12.7. The monoisotopic (exact) mass is 291 g/mol. The molecule has 0 heterocycles. The second-order valence-electron chi connectivity index (χ2n) is 4.07. The summed E-state index contributed by atoms with van der Waals surface area (Å²) in [5.41, 5.74) is 0. The van der Waals surface area contributed by atoms with Crippen LogP contribution in [0, 0.1) is 0 Å². The molecule has 1 aromatic rings. The standard InChI is InChI=1S/C13H19Cl2NS/c1-3-7-16-10(2)6-8-17-13-9-11(14)4-5-12(13)15/h4-5,9-10,16H,3,6-8H2,1-2H3. The summed E-state index contributed by atoms with van der Waals surface area (Å²) in [6, 6.07) is 6.16. The lowest BCUT2D eigenvalue weighted by Gasteiger charge is -2.12. The molecule has 1 rings (SSSR count). The van der Waals surface area contributed by atoms with Crippen molar-refractivity contribution in [2.75, 3.05) is 12.3 Å². The van der Waals surface area contributed by atoms with Gasteiger partial charge >= 0.3 is 0 Å². The van der Waals surface area contributed by atoms with Gasteiger partial charge in [0.2, 0.25) is 0 Å². The molecule has 0 amide bonds. The molecule has 1 atom stereocenters. The van der Waals surface area contributed by atoms with Crippen molar-refractivity contribution in [2.45, 2.75) is 37.6 Å². The number of hydrogen-bond acceptors (Lipinski definition) is 2. The summed E-state index contributed by atoms with van der Waals surface area (Å²) in [5.74, 6) is 1.05. The van der Waals surface area contributed by atoms with Crippen LogP contribution in [0.3, 0.4) is 0 Å². The largest absolute Gasteiger partial charge is 0.314 e. The van der Waals surface area contributed by atoms with Crippen molar-refractivity contribution in [2.24, 2.45) is 0 Å². The maximum Gasteiger partial charge on any atom is 0.0542 e. The Morgan fingerprint density at radius 3 is 2.82 bits per heavy atom. The fraction of sp³-hybridized carbons (Fsp3) is 0.538. The smallest absolute Gasteiger partial charge is 0.0542 e. The van der Waals surface area contributed by atoms with E-state index in [-0.39, 0.29) is 0 Å². The van der Waals surface area contributed by atoms with Crippen molar-refractivity contribution >= 4 is 35.0 Å². The molecule has 1 nitrogen and oxygen atoms in total. The van der Waals surface area contributed by atoms with E-state index in [4.69, 9.17) is 23.2 Å². The van der Waals surface area contributed by atoms with E-state index in [0.29, 0.717) is 6.04 Å². The van der Waals surface area contributed by atoms with Crippen LogP contribution in [0.4, 0.5) is 0 Å². The Morgan fingerprint density at radius 2 is 2.12 bits per heavy atom. The molecule has 0 saturated carbocycles. The molecule has 1 aromatic carbocycles. The average Bonchev–Trinajstić information content (AvgIpc) is 2.31. The van der Waals surface area contributed by atoms with Crippen LogP contribution < -0.4 is 5.32 Å². The van der Waals surface area contributed by atoms with Crippen LogP contribution in [-0.4, -0.2) is 18.3 Å². The van der Waals surface area contributed by atoms with E-state index in [1.165, 1.54) is 6.42 Å². The second-order valence-corrected chi connectivity index (χ2v) is 6.05. The zero-order valence-electron chi connectivity index (χ0n) is 10.3. The highest BCUT2D eigenvalue weighted by Gasteiger charge is 2.04. The molecule has 96 valence electrons. The van der Waals surface area contributed by atoms with Gasteiger partial charge in [-0.15, -0.1) is 11.8 Å². The highest BCUT2D eigenvalue weighted by molar-refractivity contribution is 7.99. The van der Waals surface area contributed by atoms with Crippen molar-refractivity contribution < 1.29 is 0 Å². The van der Waals surface area contributed by atoms with Gasteiger partial charge in [-0.2, -0.15) is 0 Å². The molecular formula is C13H19Cl2NS. The van der Waals surface area contributed by atoms with E-state index in [1.807, 2.05) is 18.2 Å². The third kappa shape index (κ3) is 6.01. The lowest BCUT2D eigenvalue weighted by atomic mass is 10.2. The number of halogens is 2. The lowest BCUT2D eigenvalue weighted by Crippen LogP contribution is -2.27. The molecule has 1 unspecified atom stereocenters. The molecule has 0 spiro atoms. The second kappa shape index (κ2) is 8.25. The number of thioether (sulfide) groups is 1. The van der Waals surface area contributed by atoms with Gasteiger partial charge in [-0.25, -0.2) is 0 Å². The zero-order chi connectivity index (χ0) is 12.7. The Labute approximate surface area is 118 Å². The van der Waals surface area contributed by atoms with Crippen molar-refractivity contribution in [3.05, 3.63) is 28.2 Å². The number of benzene rings is 1. The molecule has 1 N–H and O–H groups in total. The molecule has 17 heavy (non-hydrogen) atoms. The van der Waals surface area contributed by atoms with Gasteiger partial charge in [-0.3, -0.25) is 0 Å². The summed E-state index contributed by atoms with van der Waals surface area (Å²) in [4.78, 5) is 1.07. The topological polar surface area (TPSA) is 12.0 Å². The molecule has 0 aliphatic rings. The minimum Gasteiger partial charge on any atom is -0.314 e. The lowest BCUT2D eigenvalue weighted by molar-refractivity contribution is 0.536. The summed E-state index contributed by atoms with van der Waals surface area (Å²) in [6.45, 7) is 5.49. The van der Waals surface area contributed by atoms with E-state index in [9.17, 15) is 0 Å². The summed E-state index contributed by atoms with van der Waals surface area (Å²) >= 11 is 13.8. The highest BCUT2D eigenvalue weighted by atomic mass is 35.5. The molecule has 0 aliphatic carbocycles. The van der Waals surface area contributed by atoms with Gasteiger partial charge in [0.15, 0.2) is 0 Å². The zero-order valence-corrected chi connectivity index (χ0v) is 12.6. The SMILES string of the molecule is CCCNC(C)CCSc1cc(Cl)ccc1Cl. The Kier molecular flexibility index (Phi) is 7.36. The Morgan fingerprint density at radius 1 is 1.35 bits per heavy atom. The number of hydrogen-bond donors (Lipinski definition) is 1. The van der Waals surface area contributed by atoms with Gasteiger partial charge in [0.25, 0.3) is 0 Å². The van der Waals surface area contributed by atoms with Gasteiger partial charge in [0.1, 0.15) is 0 Å². The Balaban J connectivity index is 2.32. The summed E-state index contributed by atoms with van der Waals surface area (Å²) < 4.78 is 0. The summed E-state index contributed by atoms with van der Waals surface area (Å²) in [7, 11) is 0. The van der Waals surface area contributed by atoms with Crippen LogP contribution in [0.1, 0.15) is 26.7 Å². The first-order valence-corrected chi connectivity index (χ1v) is 7.69. The van der Waals surface area contributed by atoms with Crippen LogP contribution in [0.25, 0.3) is 0 Å².